The molecule has 7 rings (SSSR count). The van der Waals surface area contributed by atoms with E-state index in [2.05, 4.69) is 41.4 Å². The van der Waals surface area contributed by atoms with Gasteiger partial charge in [0.15, 0.2) is 0 Å². The van der Waals surface area contributed by atoms with Gasteiger partial charge >= 0.3 is 0 Å². The van der Waals surface area contributed by atoms with E-state index >= 15 is 0 Å². The molecule has 1 atom stereocenters. The van der Waals surface area contributed by atoms with Gasteiger partial charge in [0.25, 0.3) is 0 Å². The molecular weight excluding hydrogens is 356 g/mol. The third kappa shape index (κ3) is 3.10. The number of anilines is 2. The van der Waals surface area contributed by atoms with Crippen molar-refractivity contribution in [2.45, 2.75) is 70.8 Å². The van der Waals surface area contributed by atoms with Gasteiger partial charge in [-0.25, -0.2) is 4.98 Å². The SMILES string of the molecule is C[C@H](Nc1nc(N2CCCCC2)nc2ccccc12)C12CC3CC(CC(C3)C1)C2. The number of para-hydroxylation sites is 1. The number of hydrogen-bond donors (Lipinski definition) is 1. The van der Waals surface area contributed by atoms with Gasteiger partial charge in [-0.05, 0) is 100 Å². The van der Waals surface area contributed by atoms with Crippen molar-refractivity contribution in [3.8, 4) is 0 Å². The molecule has 0 amide bonds. The molecule has 1 saturated heterocycles. The summed E-state index contributed by atoms with van der Waals surface area (Å²) >= 11 is 0. The zero-order chi connectivity index (χ0) is 19.4. The summed E-state index contributed by atoms with van der Waals surface area (Å²) in [5, 5.41) is 5.11. The number of rotatable bonds is 4. The highest BCUT2D eigenvalue weighted by Crippen LogP contribution is 2.61. The molecule has 5 aliphatic rings. The molecule has 5 fully saturated rings. The molecule has 4 aliphatic carbocycles. The lowest BCUT2D eigenvalue weighted by Gasteiger charge is -2.59. The Balaban J connectivity index is 1.33. The predicted octanol–water partition coefficient (Wildman–Crippen LogP) is 5.64. The Hall–Kier alpha value is -1.84. The number of nitrogens with one attached hydrogen (secondary N) is 1. The monoisotopic (exact) mass is 390 g/mol. The molecule has 2 heterocycles. The average molecular weight is 391 g/mol. The van der Waals surface area contributed by atoms with E-state index in [0.717, 1.165) is 48.1 Å². The van der Waals surface area contributed by atoms with Crippen LogP contribution in [-0.4, -0.2) is 29.1 Å². The van der Waals surface area contributed by atoms with Crippen molar-refractivity contribution in [3.63, 3.8) is 0 Å². The lowest BCUT2D eigenvalue weighted by atomic mass is 9.48. The van der Waals surface area contributed by atoms with Crippen molar-refractivity contribution < 1.29 is 0 Å². The average Bonchev–Trinajstić information content (AvgIpc) is 2.73. The van der Waals surface area contributed by atoms with Gasteiger partial charge in [0, 0.05) is 24.5 Å². The van der Waals surface area contributed by atoms with Crippen molar-refractivity contribution in [1.82, 2.24) is 9.97 Å². The van der Waals surface area contributed by atoms with Crippen LogP contribution < -0.4 is 10.2 Å². The Morgan fingerprint density at radius 3 is 2.28 bits per heavy atom. The largest absolute Gasteiger partial charge is 0.366 e. The van der Waals surface area contributed by atoms with E-state index in [1.165, 1.54) is 63.2 Å². The summed E-state index contributed by atoms with van der Waals surface area (Å²) in [6, 6.07) is 9.02. The Kier molecular flexibility index (Phi) is 4.25. The first-order valence-electron chi connectivity index (χ1n) is 12.0. The van der Waals surface area contributed by atoms with Gasteiger partial charge in [0.1, 0.15) is 5.82 Å². The molecule has 4 heteroatoms. The molecule has 1 aromatic heterocycles. The van der Waals surface area contributed by atoms with Crippen molar-refractivity contribution in [1.29, 1.82) is 0 Å². The van der Waals surface area contributed by atoms with Gasteiger partial charge in [-0.2, -0.15) is 4.98 Å². The Morgan fingerprint density at radius 2 is 1.59 bits per heavy atom. The van der Waals surface area contributed by atoms with Crippen molar-refractivity contribution in [2.24, 2.45) is 23.2 Å². The Morgan fingerprint density at radius 1 is 0.931 bits per heavy atom. The fraction of sp³-hybridized carbons (Fsp3) is 0.680. The van der Waals surface area contributed by atoms with Crippen LogP contribution in [0.2, 0.25) is 0 Å². The van der Waals surface area contributed by atoms with E-state index in [9.17, 15) is 0 Å². The number of nitrogens with zero attached hydrogens (tertiary/aromatic N) is 3. The smallest absolute Gasteiger partial charge is 0.227 e. The van der Waals surface area contributed by atoms with E-state index < -0.39 is 0 Å². The minimum Gasteiger partial charge on any atom is -0.366 e. The van der Waals surface area contributed by atoms with Crippen LogP contribution in [0.5, 0.6) is 0 Å². The zero-order valence-corrected chi connectivity index (χ0v) is 17.7. The van der Waals surface area contributed by atoms with Crippen LogP contribution in [0, 0.1) is 23.2 Å². The second-order valence-electron chi connectivity index (χ2n) is 10.6. The molecule has 0 unspecified atom stereocenters. The summed E-state index contributed by atoms with van der Waals surface area (Å²) in [6.45, 7) is 4.61. The van der Waals surface area contributed by atoms with Crippen LogP contribution in [0.25, 0.3) is 10.9 Å². The van der Waals surface area contributed by atoms with E-state index in [0.29, 0.717) is 11.5 Å². The van der Waals surface area contributed by atoms with Gasteiger partial charge in [0.2, 0.25) is 5.95 Å². The van der Waals surface area contributed by atoms with Crippen molar-refractivity contribution in [2.75, 3.05) is 23.3 Å². The zero-order valence-electron chi connectivity index (χ0n) is 17.7. The summed E-state index contributed by atoms with van der Waals surface area (Å²) in [4.78, 5) is 12.4. The molecule has 4 nitrogen and oxygen atoms in total. The van der Waals surface area contributed by atoms with E-state index in [-0.39, 0.29) is 0 Å². The first-order chi connectivity index (χ1) is 14.2. The third-order valence-electron chi connectivity index (χ3n) is 8.59. The molecule has 1 aliphatic heterocycles. The minimum atomic E-state index is 0.475. The highest BCUT2D eigenvalue weighted by Gasteiger charge is 2.53. The van der Waals surface area contributed by atoms with Crippen LogP contribution in [0.15, 0.2) is 24.3 Å². The second kappa shape index (κ2) is 6.85. The van der Waals surface area contributed by atoms with Gasteiger partial charge in [-0.15, -0.1) is 0 Å². The number of hydrogen-bond acceptors (Lipinski definition) is 4. The fourth-order valence-corrected chi connectivity index (χ4v) is 7.48. The maximum absolute atomic E-state index is 5.10. The van der Waals surface area contributed by atoms with Crippen LogP contribution in [0.1, 0.15) is 64.7 Å². The van der Waals surface area contributed by atoms with Gasteiger partial charge in [-0.3, -0.25) is 0 Å². The lowest BCUT2D eigenvalue weighted by Crippen LogP contribution is -2.53. The minimum absolute atomic E-state index is 0.475. The maximum Gasteiger partial charge on any atom is 0.227 e. The molecular formula is C25H34N4. The van der Waals surface area contributed by atoms with Gasteiger partial charge < -0.3 is 10.2 Å². The van der Waals surface area contributed by atoms with E-state index in [1.807, 2.05) is 0 Å². The molecule has 0 spiro atoms. The fourth-order valence-electron chi connectivity index (χ4n) is 7.48. The van der Waals surface area contributed by atoms with Crippen molar-refractivity contribution >= 4 is 22.7 Å². The molecule has 4 saturated carbocycles. The topological polar surface area (TPSA) is 41.1 Å². The molecule has 1 aromatic carbocycles. The van der Waals surface area contributed by atoms with Gasteiger partial charge in [0.05, 0.1) is 5.52 Å². The van der Waals surface area contributed by atoms with Crippen LogP contribution in [0.3, 0.4) is 0 Å². The molecule has 2 aromatic rings. The summed E-state index contributed by atoms with van der Waals surface area (Å²) in [5.74, 6) is 4.92. The number of aromatic nitrogens is 2. The third-order valence-corrected chi connectivity index (χ3v) is 8.59. The first-order valence-corrected chi connectivity index (χ1v) is 12.0. The Labute approximate surface area is 174 Å². The van der Waals surface area contributed by atoms with Crippen molar-refractivity contribution in [3.05, 3.63) is 24.3 Å². The predicted molar refractivity (Wildman–Crippen MR) is 119 cm³/mol. The summed E-state index contributed by atoms with van der Waals surface area (Å²) in [6.07, 6.45) is 12.6. The molecule has 4 bridgehead atoms. The lowest BCUT2D eigenvalue weighted by molar-refractivity contribution is -0.0602. The molecule has 0 radical (unpaired) electrons. The second-order valence-corrected chi connectivity index (χ2v) is 10.6. The standard InChI is InChI=1S/C25H34N4/c1-17(25-14-18-11-19(15-25)13-20(12-18)16-25)26-23-21-7-3-4-8-22(21)27-24(28-23)29-9-5-2-6-10-29/h3-4,7-8,17-20H,2,5-6,9-16H2,1H3,(H,26,27,28)/t17-,18?,19?,20?,25?/m0/s1. The molecule has 29 heavy (non-hydrogen) atoms. The summed E-state index contributed by atoms with van der Waals surface area (Å²) in [5.41, 5.74) is 1.55. The maximum atomic E-state index is 5.10. The first kappa shape index (κ1) is 18.0. The highest BCUT2D eigenvalue weighted by molar-refractivity contribution is 5.90. The van der Waals surface area contributed by atoms with Crippen LogP contribution in [0.4, 0.5) is 11.8 Å². The van der Waals surface area contributed by atoms with Crippen LogP contribution >= 0.6 is 0 Å². The quantitative estimate of drug-likeness (QED) is 0.734. The summed E-state index contributed by atoms with van der Waals surface area (Å²) < 4.78 is 0. The number of fused-ring (bicyclic) bond motifs is 1. The number of piperidine rings is 1. The van der Waals surface area contributed by atoms with E-state index in [1.54, 1.807) is 0 Å². The Bertz CT molecular complexity index is 866. The molecule has 1 N–H and O–H groups in total. The van der Waals surface area contributed by atoms with Gasteiger partial charge in [-0.1, -0.05) is 12.1 Å². The molecule has 154 valence electrons. The van der Waals surface area contributed by atoms with E-state index in [4.69, 9.17) is 9.97 Å². The highest BCUT2D eigenvalue weighted by atomic mass is 15.3. The van der Waals surface area contributed by atoms with Crippen LogP contribution in [-0.2, 0) is 0 Å². The number of benzene rings is 1. The normalized spacial score (nSPS) is 34.5. The summed E-state index contributed by atoms with van der Waals surface area (Å²) in [7, 11) is 0.